The van der Waals surface area contributed by atoms with E-state index in [1.807, 2.05) is 42.2 Å². The van der Waals surface area contributed by atoms with Crippen molar-refractivity contribution < 1.29 is 14.4 Å². The van der Waals surface area contributed by atoms with Gasteiger partial charge in [0, 0.05) is 34.0 Å². The quantitative estimate of drug-likeness (QED) is 0.153. The minimum atomic E-state index is -0.711. The molecule has 14 heteroatoms. The zero-order valence-corrected chi connectivity index (χ0v) is 23.7. The second-order valence-electron chi connectivity index (χ2n) is 9.84. The van der Waals surface area contributed by atoms with Crippen molar-refractivity contribution in [2.45, 2.75) is 38.6 Å². The van der Waals surface area contributed by atoms with Crippen LogP contribution in [0.1, 0.15) is 24.5 Å². The second-order valence-corrected chi connectivity index (χ2v) is 10.7. The summed E-state index contributed by atoms with van der Waals surface area (Å²) in [4.78, 5) is 39.6. The fourth-order valence-electron chi connectivity index (χ4n) is 5.78. The molecule has 3 atom stereocenters. The highest BCUT2D eigenvalue weighted by atomic mass is 35.5. The smallest absolute Gasteiger partial charge is 0.334 e. The summed E-state index contributed by atoms with van der Waals surface area (Å²) in [7, 11) is 0. The van der Waals surface area contributed by atoms with Gasteiger partial charge in [-0.25, -0.2) is 9.80 Å². The topological polar surface area (TPSA) is 141 Å². The molecule has 3 aliphatic rings. The normalized spacial score (nSPS) is 21.8. The van der Waals surface area contributed by atoms with Crippen molar-refractivity contribution in [1.82, 2.24) is 25.1 Å². The lowest BCUT2D eigenvalue weighted by Gasteiger charge is -2.55. The van der Waals surface area contributed by atoms with Crippen molar-refractivity contribution in [2.75, 3.05) is 19.6 Å². The summed E-state index contributed by atoms with van der Waals surface area (Å²) in [6.45, 7) is 2.52. The first-order valence-corrected chi connectivity index (χ1v) is 13.8. The molecule has 5 rings (SSSR count). The summed E-state index contributed by atoms with van der Waals surface area (Å²) < 4.78 is 0. The maximum Gasteiger partial charge on any atom is 0.334 e. The lowest BCUT2D eigenvalue weighted by atomic mass is 9.94. The van der Waals surface area contributed by atoms with E-state index < -0.39 is 24.2 Å². The molecule has 1 N–H and O–H groups in total. The molecule has 41 heavy (non-hydrogen) atoms. The van der Waals surface area contributed by atoms with Crippen LogP contribution < -0.4 is 5.32 Å². The van der Waals surface area contributed by atoms with Crippen LogP contribution in [0.25, 0.3) is 10.4 Å². The molecular weight excluding hydrogens is 569 g/mol. The minimum absolute atomic E-state index is 0.0974. The van der Waals surface area contributed by atoms with Crippen molar-refractivity contribution in [3.8, 4) is 6.07 Å². The van der Waals surface area contributed by atoms with Crippen LogP contribution in [0.3, 0.4) is 0 Å². The van der Waals surface area contributed by atoms with Gasteiger partial charge in [0.25, 0.3) is 0 Å². The number of carbonyl (C=O) groups is 2. The van der Waals surface area contributed by atoms with Gasteiger partial charge in [-0.2, -0.15) is 10.3 Å². The Balaban J connectivity index is 1.54. The van der Waals surface area contributed by atoms with Crippen LogP contribution in [0.15, 0.2) is 65.3 Å². The zero-order chi connectivity index (χ0) is 29.1. The number of benzene rings is 2. The van der Waals surface area contributed by atoms with Crippen LogP contribution in [0.4, 0.5) is 4.79 Å². The molecule has 2 aromatic rings. The Morgan fingerprint density at radius 3 is 2.73 bits per heavy atom. The van der Waals surface area contributed by atoms with Crippen molar-refractivity contribution in [3.63, 3.8) is 0 Å². The van der Waals surface area contributed by atoms with Gasteiger partial charge in [-0.3, -0.25) is 4.79 Å². The van der Waals surface area contributed by atoms with Gasteiger partial charge < -0.3 is 20.0 Å². The molecule has 0 bridgehead atoms. The van der Waals surface area contributed by atoms with E-state index in [0.29, 0.717) is 33.5 Å². The first-order chi connectivity index (χ1) is 19.9. The maximum atomic E-state index is 14.0. The van der Waals surface area contributed by atoms with E-state index in [9.17, 15) is 14.9 Å². The first-order valence-electron chi connectivity index (χ1n) is 13.1. The van der Waals surface area contributed by atoms with E-state index in [1.165, 1.54) is 5.01 Å². The Hall–Kier alpha value is -4.14. The number of carbonyl (C=O) groups excluding carboxylic acids is 2. The molecule has 0 aliphatic carbocycles. The number of hydrogen-bond donors (Lipinski definition) is 1. The van der Waals surface area contributed by atoms with Gasteiger partial charge in [-0.15, -0.1) is 0 Å². The van der Waals surface area contributed by atoms with Gasteiger partial charge in [0.05, 0.1) is 24.9 Å². The lowest BCUT2D eigenvalue weighted by Crippen LogP contribution is -2.73. The van der Waals surface area contributed by atoms with Crippen LogP contribution in [0, 0.1) is 17.2 Å². The zero-order valence-electron chi connectivity index (χ0n) is 22.2. The van der Waals surface area contributed by atoms with Crippen LogP contribution in [0.2, 0.25) is 10.0 Å². The highest BCUT2D eigenvalue weighted by Gasteiger charge is 2.57. The third-order valence-electron chi connectivity index (χ3n) is 7.54. The molecule has 0 radical (unpaired) electrons. The molecule has 2 saturated heterocycles. The highest BCUT2D eigenvalue weighted by molar-refractivity contribution is 6.35. The van der Waals surface area contributed by atoms with E-state index in [1.54, 1.807) is 28.1 Å². The molecule has 3 amide bonds. The number of amides is 3. The fraction of sp³-hybridized carbons (Fsp3) is 0.370. The number of rotatable bonds is 8. The van der Waals surface area contributed by atoms with Gasteiger partial charge in [-0.05, 0) is 35.2 Å². The highest BCUT2D eigenvalue weighted by Crippen LogP contribution is 2.45. The van der Waals surface area contributed by atoms with Gasteiger partial charge in [-0.1, -0.05) is 66.5 Å². The minimum Gasteiger partial charge on any atom is -0.396 e. The number of nitrogens with zero attached hydrogens (tertiary/aromatic N) is 8. The summed E-state index contributed by atoms with van der Waals surface area (Å²) in [5, 5.41) is 20.0. The van der Waals surface area contributed by atoms with Crippen LogP contribution in [0.5, 0.6) is 0 Å². The summed E-state index contributed by atoms with van der Waals surface area (Å²) >= 11 is 12.6. The van der Waals surface area contributed by atoms with Gasteiger partial charge >= 0.3 is 6.03 Å². The average Bonchev–Trinajstić information content (AvgIpc) is 3.29. The maximum absolute atomic E-state index is 14.0. The van der Waals surface area contributed by atoms with Crippen LogP contribution >= 0.6 is 23.2 Å². The molecular formula is C27H27Cl2N9O3. The predicted molar refractivity (Wildman–Crippen MR) is 150 cm³/mol. The van der Waals surface area contributed by atoms with Crippen molar-refractivity contribution in [2.24, 2.45) is 11.2 Å². The molecule has 3 heterocycles. The predicted octanol–water partition coefficient (Wildman–Crippen LogP) is 4.79. The number of nitriles is 1. The van der Waals surface area contributed by atoms with E-state index in [-0.39, 0.29) is 38.6 Å². The fourth-order valence-corrected chi connectivity index (χ4v) is 6.25. The van der Waals surface area contributed by atoms with Crippen LogP contribution in [-0.4, -0.2) is 63.6 Å². The number of halogens is 2. The third kappa shape index (κ3) is 5.45. The molecule has 2 fully saturated rings. The summed E-state index contributed by atoms with van der Waals surface area (Å²) in [6, 6.07) is 15.6. The molecule has 2 unspecified atom stereocenters. The second kappa shape index (κ2) is 12.2. The Kier molecular flexibility index (Phi) is 8.42. The standard InChI is InChI=1S/C27H27Cl2N9O3/c1-2-20-24-26(39)35(14-18-8-9-19(28)12-21(18)29)16-23-37(24)22(25(20)41-34-33-31)15-36(11-10-30)38(23)27(40)32-13-17-6-4-3-5-7-17/h3-9,12,20,23-24H,2,11,13-16H2,1H3,(H,32,40)/t20?,23?,24-/m0/s1. The summed E-state index contributed by atoms with van der Waals surface area (Å²) in [5.41, 5.74) is 11.2. The monoisotopic (exact) mass is 595 g/mol. The molecule has 12 nitrogen and oxygen atoms in total. The number of hydrazine groups is 1. The Bertz CT molecular complexity index is 1460. The number of nitrogens with one attached hydrogen (secondary N) is 1. The number of urea groups is 1. The molecule has 0 saturated carbocycles. The van der Waals surface area contributed by atoms with Crippen molar-refractivity contribution in [3.05, 3.63) is 91.6 Å². The van der Waals surface area contributed by atoms with Gasteiger partial charge in [0.15, 0.2) is 0 Å². The summed E-state index contributed by atoms with van der Waals surface area (Å²) in [5.74, 6) is -0.243. The molecule has 3 aliphatic heterocycles. The SMILES string of the molecule is CCC1C(ON=[N+]=[N-])=C2CN(CC#N)N(C(=O)NCc3ccccc3)C3CN(Cc4ccc(Cl)cc4Cl)C(=O)[C@H]1N23. The van der Waals surface area contributed by atoms with E-state index >= 15 is 0 Å². The Morgan fingerprint density at radius 1 is 1.27 bits per heavy atom. The molecule has 0 spiro atoms. The van der Waals surface area contributed by atoms with Crippen molar-refractivity contribution >= 4 is 35.1 Å². The van der Waals surface area contributed by atoms with Crippen LogP contribution in [-0.2, 0) is 22.7 Å². The molecule has 212 valence electrons. The van der Waals surface area contributed by atoms with E-state index in [0.717, 1.165) is 5.56 Å². The molecule has 0 aromatic heterocycles. The van der Waals surface area contributed by atoms with Gasteiger partial charge in [0.2, 0.25) is 5.91 Å². The van der Waals surface area contributed by atoms with Crippen molar-refractivity contribution in [1.29, 1.82) is 5.26 Å². The number of piperazine rings is 1. The first kappa shape index (κ1) is 28.4. The summed E-state index contributed by atoms with van der Waals surface area (Å²) in [6.07, 6.45) is -0.161. The Morgan fingerprint density at radius 2 is 2.05 bits per heavy atom. The van der Waals surface area contributed by atoms with Gasteiger partial charge in [0.1, 0.15) is 29.8 Å². The molecule has 2 aromatic carbocycles. The Labute approximate surface area is 246 Å². The largest absolute Gasteiger partial charge is 0.396 e. The third-order valence-corrected chi connectivity index (χ3v) is 8.13. The average molecular weight is 596 g/mol. The lowest BCUT2D eigenvalue weighted by molar-refractivity contribution is -0.166. The number of hydrogen-bond acceptors (Lipinski definition) is 7. The number of azide groups is 1. The van der Waals surface area contributed by atoms with E-state index in [2.05, 4.69) is 21.6 Å². The van der Waals surface area contributed by atoms with E-state index in [4.69, 9.17) is 33.6 Å².